The number of hydrogen-bond donors (Lipinski definition) is 1. The highest BCUT2D eigenvalue weighted by Crippen LogP contribution is 2.14. The highest BCUT2D eigenvalue weighted by atomic mass is 19.1. The van der Waals surface area contributed by atoms with Crippen molar-refractivity contribution >= 4 is 11.8 Å². The van der Waals surface area contributed by atoms with E-state index in [0.29, 0.717) is 6.54 Å². The molecule has 0 radical (unpaired) electrons. The van der Waals surface area contributed by atoms with Crippen LogP contribution in [0.15, 0.2) is 48.8 Å². The lowest BCUT2D eigenvalue weighted by atomic mass is 10.1. The van der Waals surface area contributed by atoms with Gasteiger partial charge in [-0.05, 0) is 36.2 Å². The van der Waals surface area contributed by atoms with Crippen molar-refractivity contribution in [2.24, 2.45) is 5.92 Å². The number of benzene rings is 1. The lowest BCUT2D eigenvalue weighted by molar-refractivity contribution is -0.143. The Hall–Kier alpha value is -2.76. The molecule has 2 rings (SSSR count). The van der Waals surface area contributed by atoms with Gasteiger partial charge in [0.2, 0.25) is 11.8 Å². The van der Waals surface area contributed by atoms with Gasteiger partial charge >= 0.3 is 0 Å². The number of carbonyl (C=O) groups excluding carboxylic acids is 2. The second-order valence-corrected chi connectivity index (χ2v) is 6.50. The molecule has 1 aromatic heterocycles. The van der Waals surface area contributed by atoms with Crippen LogP contribution in [0.4, 0.5) is 4.39 Å². The van der Waals surface area contributed by atoms with E-state index in [2.05, 4.69) is 10.3 Å². The van der Waals surface area contributed by atoms with Crippen molar-refractivity contribution in [1.82, 2.24) is 15.2 Å². The fourth-order valence-corrected chi connectivity index (χ4v) is 2.50. The molecule has 0 spiro atoms. The van der Waals surface area contributed by atoms with E-state index in [-0.39, 0.29) is 30.1 Å². The first-order chi connectivity index (χ1) is 12.4. The number of aromatic nitrogens is 1. The summed E-state index contributed by atoms with van der Waals surface area (Å²) in [6.45, 7) is 5.87. The number of nitrogens with zero attached hydrogens (tertiary/aromatic N) is 2. The van der Waals surface area contributed by atoms with Crippen LogP contribution in [-0.4, -0.2) is 27.7 Å². The topological polar surface area (TPSA) is 62.3 Å². The molecule has 0 bridgehead atoms. The maximum Gasteiger partial charge on any atom is 0.242 e. The molecule has 5 nitrogen and oxygen atoms in total. The van der Waals surface area contributed by atoms with E-state index in [1.807, 2.05) is 6.07 Å². The van der Waals surface area contributed by atoms with Crippen LogP contribution in [0.2, 0.25) is 0 Å². The second-order valence-electron chi connectivity index (χ2n) is 6.50. The van der Waals surface area contributed by atoms with Gasteiger partial charge in [0, 0.05) is 31.4 Å². The fourth-order valence-electron chi connectivity index (χ4n) is 2.50. The van der Waals surface area contributed by atoms with E-state index in [4.69, 9.17) is 0 Å². The van der Waals surface area contributed by atoms with Crippen LogP contribution in [0.3, 0.4) is 0 Å². The number of hydrogen-bond acceptors (Lipinski definition) is 3. The van der Waals surface area contributed by atoms with Crippen LogP contribution >= 0.6 is 0 Å². The molecule has 0 saturated carbocycles. The Morgan fingerprint density at radius 2 is 1.81 bits per heavy atom. The first-order valence-corrected chi connectivity index (χ1v) is 8.60. The van der Waals surface area contributed by atoms with Crippen LogP contribution < -0.4 is 5.32 Å². The third-order valence-corrected chi connectivity index (χ3v) is 4.08. The molecular formula is C20H24FN3O2. The summed E-state index contributed by atoms with van der Waals surface area (Å²) in [5, 5.41) is 2.84. The summed E-state index contributed by atoms with van der Waals surface area (Å²) >= 11 is 0. The van der Waals surface area contributed by atoms with E-state index >= 15 is 0 Å². The zero-order chi connectivity index (χ0) is 19.1. The summed E-state index contributed by atoms with van der Waals surface area (Å²) in [4.78, 5) is 30.7. The fraction of sp³-hybridized carbons (Fsp3) is 0.350. The number of rotatable bonds is 7. The Morgan fingerprint density at radius 3 is 2.38 bits per heavy atom. The summed E-state index contributed by atoms with van der Waals surface area (Å²) in [7, 11) is 0. The monoisotopic (exact) mass is 357 g/mol. The van der Waals surface area contributed by atoms with Crippen LogP contribution in [-0.2, 0) is 22.7 Å². The SMILES string of the molecule is CC(C)C(=O)N(Cc1ccc(F)cc1)[C@H](C)C(=O)NCc1cccnc1. The average Bonchev–Trinajstić information content (AvgIpc) is 2.65. The molecule has 138 valence electrons. The first-order valence-electron chi connectivity index (χ1n) is 8.60. The van der Waals surface area contributed by atoms with Crippen molar-refractivity contribution in [1.29, 1.82) is 0 Å². The van der Waals surface area contributed by atoms with E-state index in [0.717, 1.165) is 11.1 Å². The Kier molecular flexibility index (Phi) is 6.83. The van der Waals surface area contributed by atoms with Gasteiger partial charge in [-0.1, -0.05) is 32.0 Å². The number of carbonyl (C=O) groups is 2. The molecule has 0 saturated heterocycles. The third-order valence-electron chi connectivity index (χ3n) is 4.08. The van der Waals surface area contributed by atoms with E-state index < -0.39 is 6.04 Å². The Labute approximate surface area is 153 Å². The van der Waals surface area contributed by atoms with Gasteiger partial charge in [-0.3, -0.25) is 14.6 Å². The molecule has 6 heteroatoms. The minimum absolute atomic E-state index is 0.127. The molecule has 1 heterocycles. The van der Waals surface area contributed by atoms with E-state index in [9.17, 15) is 14.0 Å². The first kappa shape index (κ1) is 19.6. The van der Waals surface area contributed by atoms with E-state index in [1.165, 1.54) is 17.0 Å². The van der Waals surface area contributed by atoms with Crippen molar-refractivity contribution in [3.63, 3.8) is 0 Å². The third kappa shape index (κ3) is 5.37. The van der Waals surface area contributed by atoms with Crippen LogP contribution in [0, 0.1) is 11.7 Å². The van der Waals surface area contributed by atoms with Gasteiger partial charge in [0.25, 0.3) is 0 Å². The lowest BCUT2D eigenvalue weighted by Crippen LogP contribution is -2.48. The predicted octanol–water partition coefficient (Wildman–Crippen LogP) is 2.91. The molecular weight excluding hydrogens is 333 g/mol. The highest BCUT2D eigenvalue weighted by Gasteiger charge is 2.27. The van der Waals surface area contributed by atoms with Crippen molar-refractivity contribution in [3.8, 4) is 0 Å². The standard InChI is InChI=1S/C20H24FN3O2/c1-14(2)20(26)24(13-16-6-8-18(21)9-7-16)15(3)19(25)23-12-17-5-4-10-22-11-17/h4-11,14-15H,12-13H2,1-3H3,(H,23,25)/t15-/m1/s1. The average molecular weight is 357 g/mol. The number of halogens is 1. The number of nitrogens with one attached hydrogen (secondary N) is 1. The number of amides is 2. The molecule has 0 fully saturated rings. The molecule has 0 aliphatic carbocycles. The maximum atomic E-state index is 13.1. The van der Waals surface area contributed by atoms with E-state index in [1.54, 1.807) is 51.4 Å². The smallest absolute Gasteiger partial charge is 0.242 e. The zero-order valence-electron chi connectivity index (χ0n) is 15.3. The highest BCUT2D eigenvalue weighted by molar-refractivity contribution is 5.88. The van der Waals surface area contributed by atoms with Crippen molar-refractivity contribution in [2.75, 3.05) is 0 Å². The minimum Gasteiger partial charge on any atom is -0.350 e. The van der Waals surface area contributed by atoms with Gasteiger partial charge in [0.15, 0.2) is 0 Å². The summed E-state index contributed by atoms with van der Waals surface area (Å²) in [6.07, 6.45) is 3.35. The van der Waals surface area contributed by atoms with Crippen LogP contribution in [0.5, 0.6) is 0 Å². The molecule has 0 aliphatic rings. The Bertz CT molecular complexity index is 732. The van der Waals surface area contributed by atoms with Gasteiger partial charge in [-0.15, -0.1) is 0 Å². The molecule has 26 heavy (non-hydrogen) atoms. The Balaban J connectivity index is 2.08. The van der Waals surface area contributed by atoms with Crippen LogP contribution in [0.1, 0.15) is 31.9 Å². The van der Waals surface area contributed by atoms with Gasteiger partial charge < -0.3 is 10.2 Å². The minimum atomic E-state index is -0.647. The normalized spacial score (nSPS) is 11.9. The van der Waals surface area contributed by atoms with Crippen molar-refractivity contribution in [3.05, 3.63) is 65.7 Å². The summed E-state index contributed by atoms with van der Waals surface area (Å²) in [6, 6.07) is 8.96. The molecule has 2 aromatic rings. The molecule has 1 N–H and O–H groups in total. The van der Waals surface area contributed by atoms with Gasteiger partial charge in [-0.25, -0.2) is 4.39 Å². The van der Waals surface area contributed by atoms with Gasteiger partial charge in [0.1, 0.15) is 11.9 Å². The number of pyridine rings is 1. The predicted molar refractivity (Wildman–Crippen MR) is 97.3 cm³/mol. The molecule has 1 aromatic carbocycles. The van der Waals surface area contributed by atoms with Crippen LogP contribution in [0.25, 0.3) is 0 Å². The lowest BCUT2D eigenvalue weighted by Gasteiger charge is -2.30. The summed E-state index contributed by atoms with van der Waals surface area (Å²) < 4.78 is 13.1. The Morgan fingerprint density at radius 1 is 1.12 bits per heavy atom. The quantitative estimate of drug-likeness (QED) is 0.829. The largest absolute Gasteiger partial charge is 0.350 e. The second kappa shape index (κ2) is 9.08. The summed E-state index contributed by atoms with van der Waals surface area (Å²) in [5.74, 6) is -0.954. The maximum absolute atomic E-state index is 13.1. The molecule has 1 atom stereocenters. The van der Waals surface area contributed by atoms with Crippen molar-refractivity contribution in [2.45, 2.75) is 39.9 Å². The van der Waals surface area contributed by atoms with Gasteiger partial charge in [0.05, 0.1) is 0 Å². The summed E-state index contributed by atoms with van der Waals surface area (Å²) in [5.41, 5.74) is 1.65. The molecule has 0 aliphatic heterocycles. The molecule has 2 amide bonds. The van der Waals surface area contributed by atoms with Gasteiger partial charge in [-0.2, -0.15) is 0 Å². The zero-order valence-corrected chi connectivity index (χ0v) is 15.3. The van der Waals surface area contributed by atoms with Crippen molar-refractivity contribution < 1.29 is 14.0 Å². The molecule has 0 unspecified atom stereocenters.